The fraction of sp³-hybridized carbons (Fsp3) is 0.438. The zero-order chi connectivity index (χ0) is 15.2. The van der Waals surface area contributed by atoms with Crippen LogP contribution in [0.2, 0.25) is 5.02 Å². The van der Waals surface area contributed by atoms with Crippen LogP contribution in [-0.2, 0) is 13.1 Å². The Kier molecular flexibility index (Phi) is 6.03. The highest BCUT2D eigenvalue weighted by atomic mass is 35.5. The second kappa shape index (κ2) is 7.78. The standard InChI is InChI=1S/C16H22ClN3S/c1-12(2)8-18-9-14-10-19-16(21-14)20(3)11-13-6-4-5-7-15(13)17/h4-7,10,12,18H,8-9,11H2,1-3H3. The van der Waals surface area contributed by atoms with Gasteiger partial charge < -0.3 is 10.2 Å². The van der Waals surface area contributed by atoms with Gasteiger partial charge in [0.25, 0.3) is 0 Å². The lowest BCUT2D eigenvalue weighted by Crippen LogP contribution is -2.18. The largest absolute Gasteiger partial charge is 0.347 e. The van der Waals surface area contributed by atoms with Crippen LogP contribution in [-0.4, -0.2) is 18.6 Å². The predicted molar refractivity (Wildman–Crippen MR) is 92.2 cm³/mol. The highest BCUT2D eigenvalue weighted by molar-refractivity contribution is 7.15. The Hall–Kier alpha value is -1.10. The highest BCUT2D eigenvalue weighted by Crippen LogP contribution is 2.24. The summed E-state index contributed by atoms with van der Waals surface area (Å²) < 4.78 is 0. The summed E-state index contributed by atoms with van der Waals surface area (Å²) >= 11 is 7.93. The number of rotatable bonds is 7. The lowest BCUT2D eigenvalue weighted by Gasteiger charge is -2.16. The zero-order valence-corrected chi connectivity index (χ0v) is 14.3. The molecule has 0 saturated heterocycles. The Morgan fingerprint density at radius 3 is 2.81 bits per heavy atom. The molecule has 0 fully saturated rings. The number of hydrogen-bond donors (Lipinski definition) is 1. The van der Waals surface area contributed by atoms with Gasteiger partial charge in [0.05, 0.1) is 0 Å². The first kappa shape index (κ1) is 16.3. The van der Waals surface area contributed by atoms with E-state index in [0.717, 1.165) is 35.4 Å². The Morgan fingerprint density at radius 2 is 2.10 bits per heavy atom. The van der Waals surface area contributed by atoms with Crippen molar-refractivity contribution in [3.8, 4) is 0 Å². The molecule has 0 amide bonds. The number of benzene rings is 1. The first-order chi connectivity index (χ1) is 10.1. The van der Waals surface area contributed by atoms with Gasteiger partial charge >= 0.3 is 0 Å². The number of hydrogen-bond acceptors (Lipinski definition) is 4. The molecule has 21 heavy (non-hydrogen) atoms. The van der Waals surface area contributed by atoms with Crippen LogP contribution in [0.5, 0.6) is 0 Å². The maximum absolute atomic E-state index is 6.21. The van der Waals surface area contributed by atoms with Crippen molar-refractivity contribution in [1.29, 1.82) is 0 Å². The molecular weight excluding hydrogens is 302 g/mol. The van der Waals surface area contributed by atoms with Gasteiger partial charge in [-0.05, 0) is 24.1 Å². The molecule has 0 aliphatic heterocycles. The van der Waals surface area contributed by atoms with Gasteiger partial charge in [-0.3, -0.25) is 0 Å². The van der Waals surface area contributed by atoms with E-state index in [2.05, 4.69) is 35.1 Å². The van der Waals surface area contributed by atoms with Crippen molar-refractivity contribution >= 4 is 28.1 Å². The van der Waals surface area contributed by atoms with Gasteiger partial charge in [0.1, 0.15) is 0 Å². The van der Waals surface area contributed by atoms with E-state index in [4.69, 9.17) is 11.6 Å². The summed E-state index contributed by atoms with van der Waals surface area (Å²) in [6.07, 6.45) is 1.95. The van der Waals surface area contributed by atoms with E-state index in [9.17, 15) is 0 Å². The van der Waals surface area contributed by atoms with E-state index in [1.807, 2.05) is 31.4 Å². The molecule has 5 heteroatoms. The Balaban J connectivity index is 1.93. The quantitative estimate of drug-likeness (QED) is 0.828. The first-order valence-corrected chi connectivity index (χ1v) is 8.35. The van der Waals surface area contributed by atoms with Crippen molar-refractivity contribution in [2.75, 3.05) is 18.5 Å². The van der Waals surface area contributed by atoms with Gasteiger partial charge in [0, 0.05) is 36.2 Å². The molecule has 1 N–H and O–H groups in total. The summed E-state index contributed by atoms with van der Waals surface area (Å²) in [6.45, 7) is 7.11. The number of halogens is 1. The fourth-order valence-electron chi connectivity index (χ4n) is 1.99. The van der Waals surface area contributed by atoms with Gasteiger partial charge in [-0.1, -0.05) is 43.6 Å². The van der Waals surface area contributed by atoms with Crippen LogP contribution >= 0.6 is 22.9 Å². The van der Waals surface area contributed by atoms with E-state index in [1.165, 1.54) is 4.88 Å². The highest BCUT2D eigenvalue weighted by Gasteiger charge is 2.09. The topological polar surface area (TPSA) is 28.2 Å². The average Bonchev–Trinajstić information content (AvgIpc) is 2.90. The van der Waals surface area contributed by atoms with Crippen LogP contribution in [0.1, 0.15) is 24.3 Å². The SMILES string of the molecule is CC(C)CNCc1cnc(N(C)Cc2ccccc2Cl)s1. The third-order valence-electron chi connectivity index (χ3n) is 3.09. The molecular formula is C16H22ClN3S. The lowest BCUT2D eigenvalue weighted by molar-refractivity contribution is 0.554. The summed E-state index contributed by atoms with van der Waals surface area (Å²) in [5.41, 5.74) is 1.12. The molecule has 0 bridgehead atoms. The summed E-state index contributed by atoms with van der Waals surface area (Å²) in [4.78, 5) is 7.90. The predicted octanol–water partition coefficient (Wildman–Crippen LogP) is 4.18. The summed E-state index contributed by atoms with van der Waals surface area (Å²) in [5, 5.41) is 5.27. The molecule has 2 rings (SSSR count). The minimum absolute atomic E-state index is 0.667. The Morgan fingerprint density at radius 1 is 1.33 bits per heavy atom. The van der Waals surface area contributed by atoms with Crippen LogP contribution in [0.3, 0.4) is 0 Å². The molecule has 114 valence electrons. The molecule has 0 atom stereocenters. The van der Waals surface area contributed by atoms with Crippen molar-refractivity contribution < 1.29 is 0 Å². The monoisotopic (exact) mass is 323 g/mol. The smallest absolute Gasteiger partial charge is 0.185 e. The normalized spacial score (nSPS) is 11.1. The average molecular weight is 324 g/mol. The van der Waals surface area contributed by atoms with Crippen molar-refractivity contribution in [2.24, 2.45) is 5.92 Å². The van der Waals surface area contributed by atoms with Crippen LogP contribution in [0.15, 0.2) is 30.5 Å². The molecule has 0 radical (unpaired) electrons. The molecule has 2 aromatic rings. The third kappa shape index (κ3) is 4.99. The van der Waals surface area contributed by atoms with E-state index >= 15 is 0 Å². The van der Waals surface area contributed by atoms with Crippen molar-refractivity contribution in [2.45, 2.75) is 26.9 Å². The second-order valence-electron chi connectivity index (χ2n) is 5.58. The number of aromatic nitrogens is 1. The molecule has 0 aliphatic rings. The van der Waals surface area contributed by atoms with Gasteiger partial charge in [-0.25, -0.2) is 4.98 Å². The van der Waals surface area contributed by atoms with Gasteiger partial charge in [0.15, 0.2) is 5.13 Å². The number of nitrogens with zero attached hydrogens (tertiary/aromatic N) is 2. The van der Waals surface area contributed by atoms with Crippen molar-refractivity contribution in [3.05, 3.63) is 45.9 Å². The Bertz CT molecular complexity index is 568. The summed E-state index contributed by atoms with van der Waals surface area (Å²) in [7, 11) is 2.05. The molecule has 0 spiro atoms. The van der Waals surface area contributed by atoms with Crippen molar-refractivity contribution in [3.63, 3.8) is 0 Å². The Labute approximate surface area is 136 Å². The first-order valence-electron chi connectivity index (χ1n) is 7.16. The fourth-order valence-corrected chi connectivity index (χ4v) is 3.02. The van der Waals surface area contributed by atoms with Crippen LogP contribution in [0, 0.1) is 5.92 Å². The molecule has 1 heterocycles. The van der Waals surface area contributed by atoms with E-state index < -0.39 is 0 Å². The minimum Gasteiger partial charge on any atom is -0.347 e. The van der Waals surface area contributed by atoms with Gasteiger partial charge in [-0.15, -0.1) is 11.3 Å². The van der Waals surface area contributed by atoms with Crippen LogP contribution < -0.4 is 10.2 Å². The zero-order valence-electron chi connectivity index (χ0n) is 12.8. The van der Waals surface area contributed by atoms with E-state index in [1.54, 1.807) is 11.3 Å². The molecule has 1 aromatic heterocycles. The maximum Gasteiger partial charge on any atom is 0.185 e. The number of nitrogens with one attached hydrogen (secondary N) is 1. The molecule has 1 aromatic carbocycles. The molecule has 3 nitrogen and oxygen atoms in total. The van der Waals surface area contributed by atoms with Gasteiger partial charge in [-0.2, -0.15) is 0 Å². The van der Waals surface area contributed by atoms with Gasteiger partial charge in [0.2, 0.25) is 0 Å². The summed E-state index contributed by atoms with van der Waals surface area (Å²) in [5.74, 6) is 0.667. The molecule has 0 aliphatic carbocycles. The van der Waals surface area contributed by atoms with E-state index in [0.29, 0.717) is 5.92 Å². The second-order valence-corrected chi connectivity index (χ2v) is 7.08. The van der Waals surface area contributed by atoms with Crippen molar-refractivity contribution in [1.82, 2.24) is 10.3 Å². The molecule has 0 saturated carbocycles. The lowest BCUT2D eigenvalue weighted by atomic mass is 10.2. The van der Waals surface area contributed by atoms with Crippen LogP contribution in [0.4, 0.5) is 5.13 Å². The van der Waals surface area contributed by atoms with E-state index in [-0.39, 0.29) is 0 Å². The molecule has 0 unspecified atom stereocenters. The third-order valence-corrected chi connectivity index (χ3v) is 4.57. The number of thiazole rings is 1. The minimum atomic E-state index is 0.667. The number of anilines is 1. The van der Waals surface area contributed by atoms with Crippen LogP contribution in [0.25, 0.3) is 0 Å². The maximum atomic E-state index is 6.21. The summed E-state index contributed by atoms with van der Waals surface area (Å²) in [6, 6.07) is 7.94.